The Bertz CT molecular complexity index is 928. The molecule has 2 aromatic heterocycles. The Morgan fingerprint density at radius 1 is 0.931 bits per heavy atom. The molecule has 0 radical (unpaired) electrons. The van der Waals surface area contributed by atoms with Gasteiger partial charge in [0, 0.05) is 17.5 Å². The van der Waals surface area contributed by atoms with Gasteiger partial charge in [0.25, 0.3) is 0 Å². The molecule has 2 saturated carbocycles. The number of nitrogens with one attached hydrogen (secondary N) is 1. The molecule has 0 atom stereocenters. The maximum absolute atomic E-state index is 5.25. The zero-order valence-corrected chi connectivity index (χ0v) is 17.5. The maximum Gasteiger partial charge on any atom is 0.204 e. The molecular formula is C23H32N6. The molecule has 0 spiro atoms. The van der Waals surface area contributed by atoms with E-state index in [4.69, 9.17) is 4.98 Å². The average Bonchev–Trinajstić information content (AvgIpc) is 3.38. The van der Waals surface area contributed by atoms with E-state index in [2.05, 4.69) is 50.3 Å². The van der Waals surface area contributed by atoms with Gasteiger partial charge in [0.15, 0.2) is 0 Å². The van der Waals surface area contributed by atoms with Gasteiger partial charge in [0.05, 0.1) is 11.0 Å². The second-order valence-corrected chi connectivity index (χ2v) is 9.23. The van der Waals surface area contributed by atoms with Crippen LogP contribution in [0.2, 0.25) is 0 Å². The molecule has 6 heteroatoms. The second-order valence-electron chi connectivity index (χ2n) is 9.23. The van der Waals surface area contributed by atoms with Crippen LogP contribution in [0.3, 0.4) is 0 Å². The van der Waals surface area contributed by atoms with Gasteiger partial charge in [-0.2, -0.15) is 5.21 Å². The number of aromatic amines is 1. The molecule has 6 nitrogen and oxygen atoms in total. The van der Waals surface area contributed by atoms with E-state index in [0.29, 0.717) is 17.8 Å². The number of hydrogen-bond acceptors (Lipinski definition) is 4. The quantitative estimate of drug-likeness (QED) is 0.612. The lowest BCUT2D eigenvalue weighted by Gasteiger charge is -2.29. The highest BCUT2D eigenvalue weighted by Crippen LogP contribution is 2.39. The SMILES string of the molecule is CC1CCCC(c2nc3cc(-c4nn[nH]n4)ccc3n2C2CCCCC2)CCC1. The van der Waals surface area contributed by atoms with E-state index < -0.39 is 0 Å². The molecule has 1 aromatic carbocycles. The first-order chi connectivity index (χ1) is 14.3. The standard InChI is InChI=1S/C23H32N6/c1-16-7-5-9-17(10-6-8-16)23-24-20-15-18(22-25-27-28-26-22)13-14-21(20)29(23)19-11-3-2-4-12-19/h13-17,19H,2-12H2,1H3,(H,25,26,27,28). The van der Waals surface area contributed by atoms with Crippen LogP contribution in [0.15, 0.2) is 18.2 Å². The number of aromatic nitrogens is 6. The molecule has 154 valence electrons. The molecule has 2 aliphatic carbocycles. The van der Waals surface area contributed by atoms with Crippen LogP contribution in [0.25, 0.3) is 22.4 Å². The molecule has 0 saturated heterocycles. The van der Waals surface area contributed by atoms with E-state index in [9.17, 15) is 0 Å². The second kappa shape index (κ2) is 8.25. The topological polar surface area (TPSA) is 72.3 Å². The minimum Gasteiger partial charge on any atom is -0.325 e. The van der Waals surface area contributed by atoms with Crippen molar-refractivity contribution in [1.82, 2.24) is 30.2 Å². The summed E-state index contributed by atoms with van der Waals surface area (Å²) in [4.78, 5) is 5.25. The first-order valence-corrected chi connectivity index (χ1v) is 11.6. The van der Waals surface area contributed by atoms with Crippen molar-refractivity contribution in [3.8, 4) is 11.4 Å². The van der Waals surface area contributed by atoms with Gasteiger partial charge in [-0.15, -0.1) is 10.2 Å². The van der Waals surface area contributed by atoms with E-state index in [1.54, 1.807) is 0 Å². The van der Waals surface area contributed by atoms with Crippen LogP contribution in [0.1, 0.15) is 95.3 Å². The van der Waals surface area contributed by atoms with Crippen LogP contribution in [0.5, 0.6) is 0 Å². The number of nitrogens with zero attached hydrogens (tertiary/aromatic N) is 5. The van der Waals surface area contributed by atoms with Gasteiger partial charge in [-0.25, -0.2) is 4.98 Å². The predicted octanol–water partition coefficient (Wildman–Crippen LogP) is 5.80. The highest BCUT2D eigenvalue weighted by Gasteiger charge is 2.27. The summed E-state index contributed by atoms with van der Waals surface area (Å²) >= 11 is 0. The van der Waals surface area contributed by atoms with E-state index in [1.807, 2.05) is 0 Å². The maximum atomic E-state index is 5.25. The van der Waals surface area contributed by atoms with Crippen molar-refractivity contribution in [2.75, 3.05) is 0 Å². The average molecular weight is 393 g/mol. The van der Waals surface area contributed by atoms with Gasteiger partial charge in [-0.05, 0) is 55.0 Å². The summed E-state index contributed by atoms with van der Waals surface area (Å²) in [7, 11) is 0. The lowest BCUT2D eigenvalue weighted by atomic mass is 9.86. The van der Waals surface area contributed by atoms with Crippen LogP contribution in [-0.4, -0.2) is 30.2 Å². The lowest BCUT2D eigenvalue weighted by Crippen LogP contribution is -2.18. The van der Waals surface area contributed by atoms with Crippen LogP contribution in [-0.2, 0) is 0 Å². The lowest BCUT2D eigenvalue weighted by molar-refractivity contribution is 0.327. The predicted molar refractivity (Wildman–Crippen MR) is 115 cm³/mol. The molecule has 0 bridgehead atoms. The van der Waals surface area contributed by atoms with Crippen molar-refractivity contribution in [2.24, 2.45) is 5.92 Å². The monoisotopic (exact) mass is 392 g/mol. The fourth-order valence-corrected chi connectivity index (χ4v) is 5.52. The molecule has 29 heavy (non-hydrogen) atoms. The summed E-state index contributed by atoms with van der Waals surface area (Å²) < 4.78 is 2.63. The largest absolute Gasteiger partial charge is 0.325 e. The Labute approximate surface area is 172 Å². The molecule has 2 aliphatic rings. The van der Waals surface area contributed by atoms with Gasteiger partial charge in [-0.3, -0.25) is 0 Å². The number of fused-ring (bicyclic) bond motifs is 1. The van der Waals surface area contributed by atoms with Gasteiger partial charge in [-0.1, -0.05) is 51.9 Å². The Hall–Kier alpha value is -2.24. The zero-order chi connectivity index (χ0) is 19.6. The Morgan fingerprint density at radius 3 is 2.45 bits per heavy atom. The number of hydrogen-bond donors (Lipinski definition) is 1. The van der Waals surface area contributed by atoms with Crippen LogP contribution >= 0.6 is 0 Å². The normalized spacial score (nSPS) is 24.4. The van der Waals surface area contributed by atoms with Crippen molar-refractivity contribution in [3.05, 3.63) is 24.0 Å². The summed E-state index contributed by atoms with van der Waals surface area (Å²) in [5.74, 6) is 3.45. The van der Waals surface area contributed by atoms with Crippen molar-refractivity contribution in [2.45, 2.75) is 89.5 Å². The van der Waals surface area contributed by atoms with Crippen molar-refractivity contribution in [1.29, 1.82) is 0 Å². The van der Waals surface area contributed by atoms with Crippen LogP contribution in [0.4, 0.5) is 0 Å². The Morgan fingerprint density at radius 2 is 1.72 bits per heavy atom. The first-order valence-electron chi connectivity index (χ1n) is 11.6. The van der Waals surface area contributed by atoms with E-state index in [1.165, 1.54) is 82.0 Å². The van der Waals surface area contributed by atoms with Crippen molar-refractivity contribution < 1.29 is 0 Å². The first kappa shape index (κ1) is 18.8. The molecule has 2 heterocycles. The van der Waals surface area contributed by atoms with E-state index in [-0.39, 0.29) is 0 Å². The van der Waals surface area contributed by atoms with Crippen molar-refractivity contribution in [3.63, 3.8) is 0 Å². The summed E-state index contributed by atoms with van der Waals surface area (Å²) in [6, 6.07) is 7.10. The molecule has 3 aromatic rings. The number of benzene rings is 1. The smallest absolute Gasteiger partial charge is 0.204 e. The zero-order valence-electron chi connectivity index (χ0n) is 17.5. The highest BCUT2D eigenvalue weighted by molar-refractivity contribution is 5.81. The van der Waals surface area contributed by atoms with E-state index >= 15 is 0 Å². The Balaban J connectivity index is 1.56. The third-order valence-electron chi connectivity index (χ3n) is 7.12. The summed E-state index contributed by atoms with van der Waals surface area (Å²) in [5, 5.41) is 14.6. The number of tetrazole rings is 1. The summed E-state index contributed by atoms with van der Waals surface area (Å²) in [6.45, 7) is 2.41. The van der Waals surface area contributed by atoms with Gasteiger partial charge in [0.2, 0.25) is 5.82 Å². The van der Waals surface area contributed by atoms with Gasteiger partial charge in [0.1, 0.15) is 5.82 Å². The fraction of sp³-hybridized carbons (Fsp3) is 0.652. The third kappa shape index (κ3) is 3.81. The molecule has 2 fully saturated rings. The molecule has 0 aliphatic heterocycles. The van der Waals surface area contributed by atoms with E-state index in [0.717, 1.165) is 17.0 Å². The summed E-state index contributed by atoms with van der Waals surface area (Å²) in [6.07, 6.45) is 14.6. The molecule has 0 amide bonds. The molecule has 0 unspecified atom stereocenters. The van der Waals surface area contributed by atoms with Crippen LogP contribution < -0.4 is 0 Å². The van der Waals surface area contributed by atoms with Gasteiger partial charge >= 0.3 is 0 Å². The minimum atomic E-state index is 0.588. The molecule has 1 N–H and O–H groups in total. The molecular weight excluding hydrogens is 360 g/mol. The van der Waals surface area contributed by atoms with Crippen molar-refractivity contribution >= 4 is 11.0 Å². The number of rotatable bonds is 3. The third-order valence-corrected chi connectivity index (χ3v) is 7.12. The minimum absolute atomic E-state index is 0.588. The molecule has 5 rings (SSSR count). The van der Waals surface area contributed by atoms with Gasteiger partial charge < -0.3 is 4.57 Å². The number of H-pyrrole nitrogens is 1. The Kier molecular flexibility index (Phi) is 5.34. The fourth-order valence-electron chi connectivity index (χ4n) is 5.52. The number of imidazole rings is 1. The highest BCUT2D eigenvalue weighted by atomic mass is 15.5. The summed E-state index contributed by atoms with van der Waals surface area (Å²) in [5.41, 5.74) is 3.36. The van der Waals surface area contributed by atoms with Crippen LogP contribution in [0, 0.1) is 5.92 Å².